The second-order valence-electron chi connectivity index (χ2n) is 6.68. The molecule has 29 heavy (non-hydrogen) atoms. The number of hydrogen-bond acceptors (Lipinski definition) is 7. The third-order valence-electron chi connectivity index (χ3n) is 4.60. The molecule has 0 radical (unpaired) electrons. The molecule has 4 rings (SSSR count). The summed E-state index contributed by atoms with van der Waals surface area (Å²) in [6, 6.07) is 10.6. The lowest BCUT2D eigenvalue weighted by Gasteiger charge is -1.97. The van der Waals surface area contributed by atoms with E-state index in [9.17, 15) is 4.79 Å². The molecule has 0 aliphatic rings. The molecule has 7 heteroatoms. The largest absolute Gasteiger partial charge is 0.487 e. The van der Waals surface area contributed by atoms with Crippen molar-refractivity contribution in [3.05, 3.63) is 51.9 Å². The SMILES string of the molecule is COC(=O)c1cc(C)c(-c2sc(-c3cc(C)c(-c4ccc(OC)s4)s3)cc2C)s1. The third-order valence-corrected chi connectivity index (χ3v) is 9.87. The molecule has 0 aliphatic carbocycles. The van der Waals surface area contributed by atoms with Crippen LogP contribution in [0.4, 0.5) is 0 Å². The van der Waals surface area contributed by atoms with Gasteiger partial charge in [-0.3, -0.25) is 0 Å². The number of methoxy groups -OCH3 is 2. The lowest BCUT2D eigenvalue weighted by molar-refractivity contribution is 0.0606. The van der Waals surface area contributed by atoms with E-state index in [-0.39, 0.29) is 5.97 Å². The van der Waals surface area contributed by atoms with Crippen molar-refractivity contribution in [2.24, 2.45) is 0 Å². The third kappa shape index (κ3) is 3.80. The van der Waals surface area contributed by atoms with Crippen LogP contribution in [0.2, 0.25) is 0 Å². The van der Waals surface area contributed by atoms with Gasteiger partial charge in [0.05, 0.1) is 14.2 Å². The van der Waals surface area contributed by atoms with Crippen LogP contribution < -0.4 is 4.74 Å². The van der Waals surface area contributed by atoms with Crippen molar-refractivity contribution >= 4 is 51.3 Å². The molecular formula is C22H20O3S4. The Hall–Kier alpha value is -1.93. The van der Waals surface area contributed by atoms with Crippen LogP contribution in [0.15, 0.2) is 30.3 Å². The highest BCUT2D eigenvalue weighted by Crippen LogP contribution is 2.47. The second kappa shape index (κ2) is 8.07. The van der Waals surface area contributed by atoms with Crippen molar-refractivity contribution in [1.82, 2.24) is 0 Å². The van der Waals surface area contributed by atoms with E-state index in [1.807, 2.05) is 23.5 Å². The Morgan fingerprint density at radius 1 is 0.724 bits per heavy atom. The van der Waals surface area contributed by atoms with Crippen LogP contribution >= 0.6 is 45.3 Å². The van der Waals surface area contributed by atoms with Crippen LogP contribution in [-0.2, 0) is 4.74 Å². The van der Waals surface area contributed by atoms with Gasteiger partial charge in [0, 0.05) is 29.3 Å². The number of ether oxygens (including phenoxy) is 2. The number of aryl methyl sites for hydroxylation is 3. The lowest BCUT2D eigenvalue weighted by atomic mass is 10.2. The molecule has 0 bridgehead atoms. The van der Waals surface area contributed by atoms with Crippen molar-refractivity contribution in [2.75, 3.05) is 14.2 Å². The molecule has 0 amide bonds. The fourth-order valence-corrected chi connectivity index (χ4v) is 7.90. The van der Waals surface area contributed by atoms with Crippen molar-refractivity contribution in [2.45, 2.75) is 20.8 Å². The predicted octanol–water partition coefficient (Wildman–Crippen LogP) is 7.65. The smallest absolute Gasteiger partial charge is 0.348 e. The minimum absolute atomic E-state index is 0.274. The highest BCUT2D eigenvalue weighted by molar-refractivity contribution is 7.29. The van der Waals surface area contributed by atoms with Gasteiger partial charge in [-0.05, 0) is 67.8 Å². The van der Waals surface area contributed by atoms with Crippen LogP contribution in [0.5, 0.6) is 5.06 Å². The van der Waals surface area contributed by atoms with Crippen molar-refractivity contribution < 1.29 is 14.3 Å². The van der Waals surface area contributed by atoms with Crippen molar-refractivity contribution in [3.63, 3.8) is 0 Å². The Labute approximate surface area is 186 Å². The molecular weight excluding hydrogens is 441 g/mol. The van der Waals surface area contributed by atoms with Crippen molar-refractivity contribution in [3.8, 4) is 34.3 Å². The van der Waals surface area contributed by atoms with Gasteiger partial charge in [-0.15, -0.1) is 34.0 Å². The molecule has 4 heterocycles. The Balaban J connectivity index is 1.71. The van der Waals surface area contributed by atoms with Gasteiger partial charge in [0.25, 0.3) is 0 Å². The molecule has 0 aromatic carbocycles. The standard InChI is InChI=1S/C22H20O3S4/c1-11-8-15(27-19(11)14-6-7-18(24-4)26-14)16-9-12(2)20(28-16)21-13(3)10-17(29-21)22(23)25-5/h6-10H,1-5H3. The summed E-state index contributed by atoms with van der Waals surface area (Å²) < 4.78 is 10.2. The number of hydrogen-bond donors (Lipinski definition) is 0. The van der Waals surface area contributed by atoms with Crippen LogP contribution in [0.3, 0.4) is 0 Å². The minimum atomic E-state index is -0.274. The van der Waals surface area contributed by atoms with Gasteiger partial charge in [0.1, 0.15) is 4.88 Å². The molecule has 0 N–H and O–H groups in total. The summed E-state index contributed by atoms with van der Waals surface area (Å²) in [7, 11) is 3.13. The Kier molecular flexibility index (Phi) is 5.66. The van der Waals surface area contributed by atoms with E-state index in [4.69, 9.17) is 9.47 Å². The maximum atomic E-state index is 11.9. The number of esters is 1. The molecule has 0 aliphatic heterocycles. The molecule has 0 atom stereocenters. The second-order valence-corrected chi connectivity index (χ2v) is 10.9. The summed E-state index contributed by atoms with van der Waals surface area (Å²) >= 11 is 6.78. The first-order chi connectivity index (χ1) is 13.9. The minimum Gasteiger partial charge on any atom is -0.487 e. The molecule has 4 aromatic rings. The van der Waals surface area contributed by atoms with E-state index in [0.29, 0.717) is 4.88 Å². The van der Waals surface area contributed by atoms with Gasteiger partial charge in [0.2, 0.25) is 0 Å². The number of rotatable bonds is 5. The summed E-state index contributed by atoms with van der Waals surface area (Å²) in [4.78, 5) is 20.0. The normalized spacial score (nSPS) is 11.1. The Bertz CT molecular complexity index is 1190. The highest BCUT2D eigenvalue weighted by Gasteiger charge is 2.19. The average Bonchev–Trinajstić information content (AvgIpc) is 3.46. The maximum Gasteiger partial charge on any atom is 0.348 e. The molecule has 0 fully saturated rings. The maximum absolute atomic E-state index is 11.9. The zero-order chi connectivity index (χ0) is 20.7. The Morgan fingerprint density at radius 3 is 1.93 bits per heavy atom. The summed E-state index contributed by atoms with van der Waals surface area (Å²) in [5.41, 5.74) is 3.62. The first-order valence-electron chi connectivity index (χ1n) is 8.95. The monoisotopic (exact) mass is 460 g/mol. The van der Waals surface area contributed by atoms with E-state index >= 15 is 0 Å². The van der Waals surface area contributed by atoms with Crippen LogP contribution in [-0.4, -0.2) is 20.2 Å². The topological polar surface area (TPSA) is 35.5 Å². The van der Waals surface area contributed by atoms with E-state index in [1.165, 1.54) is 54.0 Å². The van der Waals surface area contributed by atoms with Crippen molar-refractivity contribution in [1.29, 1.82) is 0 Å². The molecule has 4 aromatic heterocycles. The van der Waals surface area contributed by atoms with Gasteiger partial charge >= 0.3 is 5.97 Å². The number of carbonyl (C=O) groups excluding carboxylic acids is 1. The molecule has 150 valence electrons. The summed E-state index contributed by atoms with van der Waals surface area (Å²) in [6.07, 6.45) is 0. The van der Waals surface area contributed by atoms with E-state index < -0.39 is 0 Å². The molecule has 0 spiro atoms. The number of thiophene rings is 4. The van der Waals surface area contributed by atoms with E-state index in [1.54, 1.807) is 29.8 Å². The van der Waals surface area contributed by atoms with Crippen LogP contribution in [0.25, 0.3) is 29.3 Å². The first kappa shape index (κ1) is 20.3. The van der Waals surface area contributed by atoms with Gasteiger partial charge in [-0.1, -0.05) is 11.3 Å². The average molecular weight is 461 g/mol. The Morgan fingerprint density at radius 2 is 1.31 bits per heavy atom. The summed E-state index contributed by atoms with van der Waals surface area (Å²) in [5.74, 6) is -0.274. The fourth-order valence-electron chi connectivity index (χ4n) is 3.14. The molecule has 0 saturated heterocycles. The number of carbonyl (C=O) groups is 1. The summed E-state index contributed by atoms with van der Waals surface area (Å²) in [5, 5.41) is 0.929. The van der Waals surface area contributed by atoms with Crippen LogP contribution in [0, 0.1) is 20.8 Å². The predicted molar refractivity (Wildman–Crippen MR) is 126 cm³/mol. The quantitative estimate of drug-likeness (QED) is 0.287. The molecule has 3 nitrogen and oxygen atoms in total. The molecule has 0 saturated carbocycles. The van der Waals surface area contributed by atoms with Gasteiger partial charge < -0.3 is 9.47 Å². The fraction of sp³-hybridized carbons (Fsp3) is 0.227. The lowest BCUT2D eigenvalue weighted by Crippen LogP contribution is -1.96. The molecule has 0 unspecified atom stereocenters. The van der Waals surface area contributed by atoms with Gasteiger partial charge in [-0.2, -0.15) is 0 Å². The van der Waals surface area contributed by atoms with E-state index in [2.05, 4.69) is 39.0 Å². The first-order valence-corrected chi connectivity index (χ1v) is 12.2. The van der Waals surface area contributed by atoms with Crippen LogP contribution in [0.1, 0.15) is 26.4 Å². The highest BCUT2D eigenvalue weighted by atomic mass is 32.1. The zero-order valence-corrected chi connectivity index (χ0v) is 20.0. The zero-order valence-electron chi connectivity index (χ0n) is 16.7. The summed E-state index contributed by atoms with van der Waals surface area (Å²) in [6.45, 7) is 6.35. The van der Waals surface area contributed by atoms with Gasteiger partial charge in [-0.25, -0.2) is 4.79 Å². The van der Waals surface area contributed by atoms with E-state index in [0.717, 1.165) is 15.5 Å². The van der Waals surface area contributed by atoms with Gasteiger partial charge in [0.15, 0.2) is 5.06 Å².